The maximum Gasteiger partial charge on any atom is 0.260 e. The second kappa shape index (κ2) is 6.09. The molecule has 1 aliphatic heterocycles. The van der Waals surface area contributed by atoms with E-state index in [0.29, 0.717) is 49.6 Å². The molecule has 128 valence electrons. The number of piperazine rings is 1. The summed E-state index contributed by atoms with van der Waals surface area (Å²) in [6.07, 6.45) is 3.61. The molecule has 1 N–H and O–H groups in total. The molecule has 1 saturated carbocycles. The number of carbonyl (C=O) groups excluding carboxylic acids is 1. The first-order valence-electron chi connectivity index (χ1n) is 8.30. The van der Waals surface area contributed by atoms with E-state index < -0.39 is 0 Å². The van der Waals surface area contributed by atoms with Gasteiger partial charge in [-0.05, 0) is 25.0 Å². The number of pyridine rings is 1. The van der Waals surface area contributed by atoms with Crippen LogP contribution in [0.25, 0.3) is 0 Å². The van der Waals surface area contributed by atoms with Crippen molar-refractivity contribution < 1.29 is 9.21 Å². The normalized spacial score (nSPS) is 17.4. The summed E-state index contributed by atoms with van der Waals surface area (Å²) in [5.41, 5.74) is 0.0662. The van der Waals surface area contributed by atoms with Gasteiger partial charge in [-0.2, -0.15) is 5.26 Å². The summed E-state index contributed by atoms with van der Waals surface area (Å²) in [6.45, 7) is 1.98. The molecule has 0 spiro atoms. The van der Waals surface area contributed by atoms with Crippen molar-refractivity contribution in [1.82, 2.24) is 14.9 Å². The van der Waals surface area contributed by atoms with E-state index in [2.05, 4.69) is 16.0 Å². The number of aromatic nitrogens is 2. The van der Waals surface area contributed by atoms with E-state index in [0.717, 1.165) is 12.8 Å². The molecule has 3 heterocycles. The van der Waals surface area contributed by atoms with Gasteiger partial charge in [0.1, 0.15) is 11.6 Å². The quantitative estimate of drug-likeness (QED) is 0.897. The lowest BCUT2D eigenvalue weighted by molar-refractivity contribution is 0.0743. The molecule has 0 bridgehead atoms. The van der Waals surface area contributed by atoms with Gasteiger partial charge in [-0.1, -0.05) is 0 Å². The summed E-state index contributed by atoms with van der Waals surface area (Å²) in [4.78, 5) is 34.6. The minimum atomic E-state index is -0.383. The van der Waals surface area contributed by atoms with Crippen LogP contribution in [0, 0.1) is 11.3 Å². The van der Waals surface area contributed by atoms with Crippen LogP contribution in [0.3, 0.4) is 0 Å². The lowest BCUT2D eigenvalue weighted by Gasteiger charge is -2.34. The van der Waals surface area contributed by atoms with Crippen LogP contribution in [0.5, 0.6) is 0 Å². The standard InChI is InChI=1S/C17H17N5O3/c18-10-13-17(25-15(20-13)11-3-4-11)22-8-6-21(7-9-22)16(24)12-2-1-5-19-14(12)23/h1-2,5,11H,3-4,6-9H2,(H,19,23). The van der Waals surface area contributed by atoms with Gasteiger partial charge in [0.15, 0.2) is 0 Å². The first-order valence-corrected chi connectivity index (χ1v) is 8.30. The largest absolute Gasteiger partial charge is 0.423 e. The summed E-state index contributed by atoms with van der Waals surface area (Å²) in [5, 5.41) is 9.28. The Labute approximate surface area is 143 Å². The topological polar surface area (TPSA) is 106 Å². The van der Waals surface area contributed by atoms with Crippen LogP contribution in [0.1, 0.15) is 40.7 Å². The third kappa shape index (κ3) is 2.89. The Balaban J connectivity index is 1.47. The highest BCUT2D eigenvalue weighted by Gasteiger charge is 2.33. The molecule has 25 heavy (non-hydrogen) atoms. The summed E-state index contributed by atoms with van der Waals surface area (Å²) < 4.78 is 5.80. The van der Waals surface area contributed by atoms with Crippen molar-refractivity contribution >= 4 is 11.8 Å². The van der Waals surface area contributed by atoms with Crippen LogP contribution in [-0.2, 0) is 0 Å². The third-order valence-corrected chi connectivity index (χ3v) is 4.56. The minimum Gasteiger partial charge on any atom is -0.423 e. The van der Waals surface area contributed by atoms with Crippen LogP contribution in [-0.4, -0.2) is 47.0 Å². The minimum absolute atomic E-state index is 0.143. The van der Waals surface area contributed by atoms with Crippen molar-refractivity contribution in [2.24, 2.45) is 0 Å². The number of anilines is 1. The maximum atomic E-state index is 12.5. The molecule has 1 aliphatic carbocycles. The number of hydrogen-bond acceptors (Lipinski definition) is 6. The highest BCUT2D eigenvalue weighted by Crippen LogP contribution is 2.41. The average molecular weight is 339 g/mol. The number of hydrogen-bond donors (Lipinski definition) is 1. The number of nitrogens with zero attached hydrogens (tertiary/aromatic N) is 4. The zero-order valence-electron chi connectivity index (χ0n) is 13.6. The average Bonchev–Trinajstić information content (AvgIpc) is 3.41. The second-order valence-electron chi connectivity index (χ2n) is 6.28. The Kier molecular flexibility index (Phi) is 3.76. The smallest absolute Gasteiger partial charge is 0.260 e. The van der Waals surface area contributed by atoms with Gasteiger partial charge < -0.3 is 19.2 Å². The summed E-state index contributed by atoms with van der Waals surface area (Å²) in [5.74, 6) is 1.20. The van der Waals surface area contributed by atoms with Crippen molar-refractivity contribution in [3.63, 3.8) is 0 Å². The van der Waals surface area contributed by atoms with Crippen LogP contribution >= 0.6 is 0 Å². The molecule has 2 aromatic heterocycles. The molecule has 8 heteroatoms. The fraction of sp³-hybridized carbons (Fsp3) is 0.412. The zero-order valence-corrected chi connectivity index (χ0v) is 13.6. The van der Waals surface area contributed by atoms with Crippen LogP contribution in [0.2, 0.25) is 0 Å². The predicted molar refractivity (Wildman–Crippen MR) is 88.4 cm³/mol. The van der Waals surface area contributed by atoms with Crippen LogP contribution in [0.15, 0.2) is 27.5 Å². The molecule has 2 aliphatic rings. The SMILES string of the molecule is N#Cc1nc(C2CC2)oc1N1CCN(C(=O)c2ccc[nH]c2=O)CC1. The van der Waals surface area contributed by atoms with Crippen molar-refractivity contribution in [3.8, 4) is 6.07 Å². The Morgan fingerprint density at radius 2 is 2.08 bits per heavy atom. The molecule has 0 radical (unpaired) electrons. The number of carbonyl (C=O) groups is 1. The highest BCUT2D eigenvalue weighted by molar-refractivity contribution is 5.94. The van der Waals surface area contributed by atoms with E-state index in [9.17, 15) is 14.9 Å². The summed E-state index contributed by atoms with van der Waals surface area (Å²) in [7, 11) is 0. The first-order chi connectivity index (χ1) is 12.2. The monoisotopic (exact) mass is 339 g/mol. The molecule has 2 aromatic rings. The highest BCUT2D eigenvalue weighted by atomic mass is 16.4. The van der Waals surface area contributed by atoms with Gasteiger partial charge in [0.25, 0.3) is 11.5 Å². The van der Waals surface area contributed by atoms with E-state index in [4.69, 9.17) is 4.42 Å². The Morgan fingerprint density at radius 3 is 2.72 bits per heavy atom. The number of H-pyrrole nitrogens is 1. The van der Waals surface area contributed by atoms with Crippen molar-refractivity contribution in [3.05, 3.63) is 45.8 Å². The second-order valence-corrected chi connectivity index (χ2v) is 6.28. The van der Waals surface area contributed by atoms with Gasteiger partial charge in [-0.25, -0.2) is 4.98 Å². The fourth-order valence-electron chi connectivity index (χ4n) is 2.99. The zero-order chi connectivity index (χ0) is 17.4. The van der Waals surface area contributed by atoms with E-state index in [1.54, 1.807) is 11.0 Å². The van der Waals surface area contributed by atoms with Gasteiger partial charge in [0.2, 0.25) is 17.5 Å². The van der Waals surface area contributed by atoms with Crippen LogP contribution in [0.4, 0.5) is 5.88 Å². The van der Waals surface area contributed by atoms with Gasteiger partial charge in [-0.15, -0.1) is 0 Å². The number of aromatic amines is 1. The molecule has 0 unspecified atom stereocenters. The molecule has 1 saturated heterocycles. The van der Waals surface area contributed by atoms with E-state index in [1.807, 2.05) is 4.90 Å². The van der Waals surface area contributed by atoms with Gasteiger partial charge in [-0.3, -0.25) is 9.59 Å². The first kappa shape index (κ1) is 15.4. The maximum absolute atomic E-state index is 12.5. The fourth-order valence-corrected chi connectivity index (χ4v) is 2.99. The van der Waals surface area contributed by atoms with Crippen molar-refractivity contribution in [2.75, 3.05) is 31.1 Å². The Hall–Kier alpha value is -3.08. The van der Waals surface area contributed by atoms with Crippen LogP contribution < -0.4 is 10.5 Å². The molecular formula is C17H17N5O3. The molecule has 0 aromatic carbocycles. The molecule has 2 fully saturated rings. The van der Waals surface area contributed by atoms with Gasteiger partial charge in [0, 0.05) is 38.3 Å². The van der Waals surface area contributed by atoms with E-state index in [1.165, 1.54) is 12.3 Å². The molecule has 1 amide bonds. The van der Waals surface area contributed by atoms with E-state index >= 15 is 0 Å². The van der Waals surface area contributed by atoms with Crippen molar-refractivity contribution in [2.45, 2.75) is 18.8 Å². The van der Waals surface area contributed by atoms with Gasteiger partial charge in [0.05, 0.1) is 0 Å². The number of rotatable bonds is 3. The summed E-state index contributed by atoms with van der Waals surface area (Å²) in [6, 6.07) is 5.26. The van der Waals surface area contributed by atoms with Crippen molar-refractivity contribution in [1.29, 1.82) is 5.26 Å². The third-order valence-electron chi connectivity index (χ3n) is 4.56. The Bertz CT molecular complexity index is 897. The summed E-state index contributed by atoms with van der Waals surface area (Å²) >= 11 is 0. The lowest BCUT2D eigenvalue weighted by atomic mass is 10.2. The molecular weight excluding hydrogens is 322 g/mol. The number of oxazole rings is 1. The lowest BCUT2D eigenvalue weighted by Crippen LogP contribution is -2.49. The molecule has 4 rings (SSSR count). The number of nitrogens with one attached hydrogen (secondary N) is 1. The number of amides is 1. The number of nitriles is 1. The predicted octanol–water partition coefficient (Wildman–Crippen LogP) is 1.07. The van der Waals surface area contributed by atoms with E-state index in [-0.39, 0.29) is 17.0 Å². The Morgan fingerprint density at radius 1 is 1.32 bits per heavy atom. The van der Waals surface area contributed by atoms with Gasteiger partial charge >= 0.3 is 0 Å². The molecule has 8 nitrogen and oxygen atoms in total. The molecule has 0 atom stereocenters.